The Morgan fingerprint density at radius 1 is 1.56 bits per heavy atom. The highest BCUT2D eigenvalue weighted by molar-refractivity contribution is 7.80. The molecule has 0 aromatic carbocycles. The van der Waals surface area contributed by atoms with Gasteiger partial charge in [-0.1, -0.05) is 0 Å². The molecular weight excluding hydrogens is 248 g/mol. The number of thiocarbonyl (C=S) groups is 1. The number of hydrogen-bond donors (Lipinski definition) is 1. The second kappa shape index (κ2) is 9.53. The number of ether oxygens (including phenoxy) is 2. The fourth-order valence-electron chi connectivity index (χ4n) is 2.07. The molecule has 0 amide bonds. The van der Waals surface area contributed by atoms with Gasteiger partial charge in [-0.05, 0) is 44.3 Å². The van der Waals surface area contributed by atoms with E-state index in [-0.39, 0.29) is 0 Å². The molecule has 0 bridgehead atoms. The summed E-state index contributed by atoms with van der Waals surface area (Å²) in [7, 11) is 2.05. The van der Waals surface area contributed by atoms with Crippen LogP contribution < -0.4 is 5.32 Å². The normalized spacial score (nSPS) is 19.6. The van der Waals surface area contributed by atoms with Crippen molar-refractivity contribution in [3.63, 3.8) is 0 Å². The first-order chi connectivity index (χ1) is 8.74. The molecule has 0 radical (unpaired) electrons. The first kappa shape index (κ1) is 15.7. The average Bonchev–Trinajstić information content (AvgIpc) is 2.39. The van der Waals surface area contributed by atoms with Crippen LogP contribution in [0.15, 0.2) is 0 Å². The largest absolute Gasteiger partial charge is 0.382 e. The molecule has 1 heterocycles. The number of rotatable bonds is 7. The van der Waals surface area contributed by atoms with Gasteiger partial charge in [-0.25, -0.2) is 0 Å². The summed E-state index contributed by atoms with van der Waals surface area (Å²) in [6.07, 6.45) is 3.42. The first-order valence-electron chi connectivity index (χ1n) is 6.88. The van der Waals surface area contributed by atoms with Crippen molar-refractivity contribution in [1.29, 1.82) is 0 Å². The minimum absolute atomic E-state index is 0.618. The van der Waals surface area contributed by atoms with Gasteiger partial charge in [-0.15, -0.1) is 0 Å². The van der Waals surface area contributed by atoms with E-state index in [1.807, 2.05) is 14.0 Å². The highest BCUT2D eigenvalue weighted by atomic mass is 32.1. The van der Waals surface area contributed by atoms with Crippen molar-refractivity contribution in [1.82, 2.24) is 10.2 Å². The summed E-state index contributed by atoms with van der Waals surface area (Å²) in [4.78, 5) is 2.12. The lowest BCUT2D eigenvalue weighted by atomic mass is 10.0. The summed E-state index contributed by atoms with van der Waals surface area (Å²) in [5.74, 6) is 0.618. The van der Waals surface area contributed by atoms with E-state index in [1.54, 1.807) is 0 Å². The van der Waals surface area contributed by atoms with Gasteiger partial charge in [0.25, 0.3) is 0 Å². The summed E-state index contributed by atoms with van der Waals surface area (Å²) in [5.41, 5.74) is 0. The van der Waals surface area contributed by atoms with Crippen molar-refractivity contribution in [3.05, 3.63) is 0 Å². The Morgan fingerprint density at radius 2 is 2.39 bits per heavy atom. The molecule has 1 N–H and O–H groups in total. The van der Waals surface area contributed by atoms with Crippen LogP contribution in [0.3, 0.4) is 0 Å². The predicted octanol–water partition coefficient (Wildman–Crippen LogP) is 1.65. The summed E-state index contributed by atoms with van der Waals surface area (Å²) in [5, 5.41) is 4.10. The van der Waals surface area contributed by atoms with Gasteiger partial charge in [0.1, 0.15) is 0 Å². The Balaban J connectivity index is 2.08. The van der Waals surface area contributed by atoms with E-state index in [0.29, 0.717) is 5.92 Å². The van der Waals surface area contributed by atoms with Gasteiger partial charge >= 0.3 is 0 Å². The lowest BCUT2D eigenvalue weighted by Crippen LogP contribution is -2.41. The van der Waals surface area contributed by atoms with Gasteiger partial charge in [0, 0.05) is 40.0 Å². The molecule has 18 heavy (non-hydrogen) atoms. The quantitative estimate of drug-likeness (QED) is 0.564. The monoisotopic (exact) mass is 274 g/mol. The molecule has 1 unspecified atom stereocenters. The SMILES string of the molecule is CCOCCCNC(=S)N(C)CC1CCCOC1. The summed E-state index contributed by atoms with van der Waals surface area (Å²) >= 11 is 5.36. The van der Waals surface area contributed by atoms with E-state index in [2.05, 4.69) is 10.2 Å². The second-order valence-corrected chi connectivity index (χ2v) is 5.13. The van der Waals surface area contributed by atoms with E-state index >= 15 is 0 Å². The zero-order valence-electron chi connectivity index (χ0n) is 11.6. The van der Waals surface area contributed by atoms with Gasteiger partial charge in [0.15, 0.2) is 5.11 Å². The Labute approximate surface area is 116 Å². The second-order valence-electron chi connectivity index (χ2n) is 4.75. The van der Waals surface area contributed by atoms with Crippen molar-refractivity contribution in [2.75, 3.05) is 46.6 Å². The minimum atomic E-state index is 0.618. The van der Waals surface area contributed by atoms with Crippen LogP contribution in [0, 0.1) is 5.92 Å². The van der Waals surface area contributed by atoms with Gasteiger partial charge in [0.05, 0.1) is 6.61 Å². The maximum absolute atomic E-state index is 5.48. The van der Waals surface area contributed by atoms with E-state index in [9.17, 15) is 0 Å². The van der Waals surface area contributed by atoms with E-state index in [4.69, 9.17) is 21.7 Å². The highest BCUT2D eigenvalue weighted by Crippen LogP contribution is 2.14. The lowest BCUT2D eigenvalue weighted by Gasteiger charge is -2.28. The molecule has 1 saturated heterocycles. The summed E-state index contributed by atoms with van der Waals surface area (Å²) < 4.78 is 10.8. The predicted molar refractivity (Wildman–Crippen MR) is 77.9 cm³/mol. The van der Waals surface area contributed by atoms with E-state index < -0.39 is 0 Å². The molecule has 0 spiro atoms. The third-order valence-corrected chi connectivity index (χ3v) is 3.54. The fraction of sp³-hybridized carbons (Fsp3) is 0.923. The van der Waals surface area contributed by atoms with Crippen LogP contribution in [0.2, 0.25) is 0 Å². The Kier molecular flexibility index (Phi) is 8.29. The van der Waals surface area contributed by atoms with Crippen molar-refractivity contribution < 1.29 is 9.47 Å². The van der Waals surface area contributed by atoms with Crippen molar-refractivity contribution >= 4 is 17.3 Å². The molecule has 0 aromatic rings. The van der Waals surface area contributed by atoms with Gasteiger partial charge in [0.2, 0.25) is 0 Å². The van der Waals surface area contributed by atoms with Gasteiger partial charge < -0.3 is 19.7 Å². The maximum atomic E-state index is 5.48. The third kappa shape index (κ3) is 6.52. The Bertz CT molecular complexity index is 233. The van der Waals surface area contributed by atoms with Crippen LogP contribution in [-0.2, 0) is 9.47 Å². The maximum Gasteiger partial charge on any atom is 0.168 e. The molecule has 1 rings (SSSR count). The van der Waals surface area contributed by atoms with Crippen molar-refractivity contribution in [2.45, 2.75) is 26.2 Å². The van der Waals surface area contributed by atoms with Crippen LogP contribution >= 0.6 is 12.2 Å². The smallest absolute Gasteiger partial charge is 0.168 e. The number of nitrogens with one attached hydrogen (secondary N) is 1. The van der Waals surface area contributed by atoms with Crippen LogP contribution in [-0.4, -0.2) is 56.6 Å². The molecule has 106 valence electrons. The topological polar surface area (TPSA) is 33.7 Å². The molecule has 1 aliphatic heterocycles. The molecular formula is C13H26N2O2S. The zero-order valence-corrected chi connectivity index (χ0v) is 12.4. The Hall–Kier alpha value is -0.390. The number of hydrogen-bond acceptors (Lipinski definition) is 3. The van der Waals surface area contributed by atoms with Crippen LogP contribution in [0.5, 0.6) is 0 Å². The Morgan fingerprint density at radius 3 is 3.06 bits per heavy atom. The molecule has 1 fully saturated rings. The van der Waals surface area contributed by atoms with E-state index in [1.165, 1.54) is 12.8 Å². The van der Waals surface area contributed by atoms with Gasteiger partial charge in [-0.3, -0.25) is 0 Å². The molecule has 0 aromatic heterocycles. The zero-order chi connectivity index (χ0) is 13.2. The van der Waals surface area contributed by atoms with Crippen LogP contribution in [0.25, 0.3) is 0 Å². The summed E-state index contributed by atoms with van der Waals surface area (Å²) in [6, 6.07) is 0. The van der Waals surface area contributed by atoms with Crippen LogP contribution in [0.4, 0.5) is 0 Å². The molecule has 1 aliphatic rings. The minimum Gasteiger partial charge on any atom is -0.382 e. The standard InChI is InChI=1S/C13H26N2O2S/c1-3-16-9-5-7-14-13(18)15(2)10-12-6-4-8-17-11-12/h12H,3-11H2,1-2H3,(H,14,18). The van der Waals surface area contributed by atoms with Crippen molar-refractivity contribution in [2.24, 2.45) is 5.92 Å². The van der Waals surface area contributed by atoms with Crippen molar-refractivity contribution in [3.8, 4) is 0 Å². The fourth-order valence-corrected chi connectivity index (χ4v) is 2.25. The molecule has 4 nitrogen and oxygen atoms in total. The summed E-state index contributed by atoms with van der Waals surface area (Å²) in [6.45, 7) is 7.25. The first-order valence-corrected chi connectivity index (χ1v) is 7.29. The lowest BCUT2D eigenvalue weighted by molar-refractivity contribution is 0.0485. The molecule has 5 heteroatoms. The average molecular weight is 274 g/mol. The molecule has 0 aliphatic carbocycles. The van der Waals surface area contributed by atoms with Crippen LogP contribution in [0.1, 0.15) is 26.2 Å². The number of nitrogens with zero attached hydrogens (tertiary/aromatic N) is 1. The van der Waals surface area contributed by atoms with Gasteiger partial charge in [-0.2, -0.15) is 0 Å². The molecule has 1 atom stereocenters. The highest BCUT2D eigenvalue weighted by Gasteiger charge is 2.16. The van der Waals surface area contributed by atoms with E-state index in [0.717, 1.165) is 51.1 Å². The molecule has 0 saturated carbocycles. The third-order valence-electron chi connectivity index (χ3n) is 3.08.